The van der Waals surface area contributed by atoms with Crippen LogP contribution < -0.4 is 29.6 Å². The van der Waals surface area contributed by atoms with Gasteiger partial charge in [-0.15, -0.1) is 0 Å². The minimum atomic E-state index is 0. The fraction of sp³-hybridized carbons (Fsp3) is 0. The molecule has 4 nitrogen and oxygen atoms in total. The van der Waals surface area contributed by atoms with Gasteiger partial charge < -0.3 is 10.8 Å². The molecule has 0 spiro atoms. The van der Waals surface area contributed by atoms with Crippen molar-refractivity contribution in [3.8, 4) is 0 Å². The SMILES string of the molecule is [ClH2+].[N-]=C=O.[N-]=C=O.[Na+]. The zero-order valence-electron chi connectivity index (χ0n) is 4.16. The van der Waals surface area contributed by atoms with E-state index < -0.39 is 0 Å². The van der Waals surface area contributed by atoms with Crippen LogP contribution in [0.4, 0.5) is 0 Å². The maximum Gasteiger partial charge on any atom is 1.00 e. The van der Waals surface area contributed by atoms with Gasteiger partial charge >= 0.3 is 29.6 Å². The molecule has 40 valence electrons. The van der Waals surface area contributed by atoms with Crippen molar-refractivity contribution >= 4 is 12.2 Å². The smallest absolute Gasteiger partial charge is 0.724 e. The number of hydrogen-bond donors (Lipinski definition) is 0. The number of carbonyl (C=O) groups excluding carboxylic acids is 2. The molecule has 0 aromatic heterocycles. The maximum absolute atomic E-state index is 8.24. The number of hydrogen-bond acceptors (Lipinski definition) is 2. The summed E-state index contributed by atoms with van der Waals surface area (Å²) in [7, 11) is 0. The monoisotopic (exact) mass is 144 g/mol. The van der Waals surface area contributed by atoms with E-state index in [0.717, 1.165) is 0 Å². The Balaban J connectivity index is -0.0000000160. The molecule has 0 aliphatic rings. The molecule has 0 bridgehead atoms. The molecule has 0 fully saturated rings. The van der Waals surface area contributed by atoms with E-state index in [-0.39, 0.29) is 42.0 Å². The van der Waals surface area contributed by atoms with E-state index in [0.29, 0.717) is 12.2 Å². The van der Waals surface area contributed by atoms with Crippen LogP contribution >= 0.6 is 0 Å². The summed E-state index contributed by atoms with van der Waals surface area (Å²) < 4.78 is 0. The Kier molecular flexibility index (Phi) is 187. The first-order valence-corrected chi connectivity index (χ1v) is 0.855. The molecule has 0 unspecified atom stereocenters. The summed E-state index contributed by atoms with van der Waals surface area (Å²) >= 11 is 0. The minimum Gasteiger partial charge on any atom is -0.724 e. The van der Waals surface area contributed by atoms with Crippen molar-refractivity contribution in [2.45, 2.75) is 0 Å². The van der Waals surface area contributed by atoms with Gasteiger partial charge in [0.1, 0.15) is 0 Å². The van der Waals surface area contributed by atoms with Gasteiger partial charge in [0.05, 0.1) is 12.4 Å². The van der Waals surface area contributed by atoms with Crippen molar-refractivity contribution in [2.75, 3.05) is 0 Å². The van der Waals surface area contributed by atoms with E-state index in [1.165, 1.54) is 0 Å². The number of isocyanates is 2. The van der Waals surface area contributed by atoms with Gasteiger partial charge in [-0.3, -0.25) is 9.59 Å². The normalized spacial score (nSPS) is 2.00. The fourth-order valence-corrected chi connectivity index (χ4v) is 0. The van der Waals surface area contributed by atoms with Crippen LogP contribution in [0.2, 0.25) is 0 Å². The average molecular weight is 144 g/mol. The molecule has 0 rings (SSSR count). The van der Waals surface area contributed by atoms with Gasteiger partial charge in [0.25, 0.3) is 0 Å². The van der Waals surface area contributed by atoms with Crippen molar-refractivity contribution in [3.05, 3.63) is 10.8 Å². The van der Waals surface area contributed by atoms with Crippen LogP contribution in [-0.4, -0.2) is 12.2 Å². The molecule has 0 radical (unpaired) electrons. The Labute approximate surface area is 74.4 Å². The summed E-state index contributed by atoms with van der Waals surface area (Å²) in [5, 5.41) is 13.5. The maximum atomic E-state index is 8.24. The van der Waals surface area contributed by atoms with Gasteiger partial charge in [-0.25, -0.2) is 0 Å². The molecule has 8 heavy (non-hydrogen) atoms. The summed E-state index contributed by atoms with van der Waals surface area (Å²) in [6.07, 6.45) is 1.00. The third-order valence-corrected chi connectivity index (χ3v) is 0. The minimum absolute atomic E-state index is 0. The summed E-state index contributed by atoms with van der Waals surface area (Å²) in [4.78, 5) is 16.5. The van der Waals surface area contributed by atoms with Crippen LogP contribution in [0.1, 0.15) is 0 Å². The molecule has 0 amide bonds. The molecule has 0 saturated carbocycles. The standard InChI is InChI=1S/2CNO.ClH2.Na/c2*2-1-3;;/h;;1H2;/q2*-1;2*+1. The van der Waals surface area contributed by atoms with E-state index in [9.17, 15) is 0 Å². The largest absolute Gasteiger partial charge is 1.00 e. The molecule has 0 aromatic rings. The summed E-state index contributed by atoms with van der Waals surface area (Å²) in [5.41, 5.74) is 0. The quantitative estimate of drug-likeness (QED) is 0.199. The summed E-state index contributed by atoms with van der Waals surface area (Å²) in [6.45, 7) is 0. The van der Waals surface area contributed by atoms with Crippen molar-refractivity contribution in [2.24, 2.45) is 0 Å². The van der Waals surface area contributed by atoms with E-state index >= 15 is 0 Å². The summed E-state index contributed by atoms with van der Waals surface area (Å²) in [5.74, 6) is 0. The summed E-state index contributed by atoms with van der Waals surface area (Å²) in [6, 6.07) is 0. The van der Waals surface area contributed by atoms with Gasteiger partial charge in [0.15, 0.2) is 0 Å². The van der Waals surface area contributed by atoms with Crippen LogP contribution in [0.3, 0.4) is 0 Å². The zero-order valence-corrected chi connectivity index (χ0v) is 7.05. The van der Waals surface area contributed by atoms with E-state index in [4.69, 9.17) is 20.4 Å². The predicted octanol–water partition coefficient (Wildman–Crippen LogP) is -3.75. The van der Waals surface area contributed by atoms with Crippen molar-refractivity contribution in [3.63, 3.8) is 0 Å². The molecule has 0 aliphatic carbocycles. The average Bonchev–Trinajstić information content (AvgIpc) is 1.39. The Morgan fingerprint density at radius 2 is 1.00 bits per heavy atom. The van der Waals surface area contributed by atoms with E-state index in [1.54, 1.807) is 0 Å². The Morgan fingerprint density at radius 3 is 1.00 bits per heavy atom. The molecule has 0 saturated heterocycles. The van der Waals surface area contributed by atoms with Crippen LogP contribution in [0, 0.1) is 12.4 Å². The predicted molar refractivity (Wildman–Crippen MR) is 20.9 cm³/mol. The Morgan fingerprint density at radius 1 is 1.00 bits per heavy atom. The van der Waals surface area contributed by atoms with Gasteiger partial charge in [-0.1, -0.05) is 0 Å². The topological polar surface area (TPSA) is 78.7 Å². The second kappa shape index (κ2) is 61.4. The van der Waals surface area contributed by atoms with Crippen molar-refractivity contribution in [1.29, 1.82) is 0 Å². The first kappa shape index (κ1) is 24.4. The van der Waals surface area contributed by atoms with E-state index in [2.05, 4.69) is 0 Å². The van der Waals surface area contributed by atoms with E-state index in [1.807, 2.05) is 0 Å². The van der Waals surface area contributed by atoms with Crippen molar-refractivity contribution < 1.29 is 51.6 Å². The molecule has 0 heterocycles. The molecule has 0 N–H and O–H groups in total. The van der Waals surface area contributed by atoms with Crippen LogP contribution in [0.15, 0.2) is 0 Å². The molecular weight excluding hydrogens is 142 g/mol. The second-order valence-corrected chi connectivity index (χ2v) is 0.183. The van der Waals surface area contributed by atoms with Crippen LogP contribution in [0.25, 0.3) is 10.8 Å². The molecular formula is C2H2ClN2NaO2. The van der Waals surface area contributed by atoms with Gasteiger partial charge in [0, 0.05) is 0 Å². The first-order chi connectivity index (χ1) is 2.83. The Bertz CT molecular complexity index is 72.0. The van der Waals surface area contributed by atoms with Crippen LogP contribution in [0.5, 0.6) is 0 Å². The Hall–Kier alpha value is 0.0500. The van der Waals surface area contributed by atoms with Crippen LogP contribution in [-0.2, 0) is 9.59 Å². The van der Waals surface area contributed by atoms with Gasteiger partial charge in [-0.05, 0) is 12.2 Å². The van der Waals surface area contributed by atoms with Crippen molar-refractivity contribution in [1.82, 2.24) is 0 Å². The zero-order chi connectivity index (χ0) is 5.41. The fourth-order valence-electron chi connectivity index (χ4n) is 0. The number of rotatable bonds is 0. The number of nitrogens with zero attached hydrogens (tertiary/aromatic N) is 2. The van der Waals surface area contributed by atoms with Gasteiger partial charge in [-0.2, -0.15) is 0 Å². The third-order valence-electron chi connectivity index (χ3n) is 0. The second-order valence-electron chi connectivity index (χ2n) is 0.183. The molecule has 0 atom stereocenters. The third kappa shape index (κ3) is 61700. The number of halogens is 1. The molecule has 0 aliphatic heterocycles. The molecule has 0 aromatic carbocycles. The first-order valence-electron chi connectivity index (χ1n) is 0.855. The molecule has 6 heteroatoms. The van der Waals surface area contributed by atoms with Gasteiger partial charge in [0.2, 0.25) is 0 Å².